The largest absolute Gasteiger partial charge is 0.467 e. The van der Waals surface area contributed by atoms with Crippen LogP contribution in [0.5, 0.6) is 0 Å². The zero-order valence-electron chi connectivity index (χ0n) is 16.8. The average molecular weight is 462 g/mol. The summed E-state index contributed by atoms with van der Waals surface area (Å²) in [5, 5.41) is 2.70. The maximum absolute atomic E-state index is 12.5. The number of rotatable bonds is 6. The molecule has 29 heavy (non-hydrogen) atoms. The van der Waals surface area contributed by atoms with E-state index in [1.165, 1.54) is 7.11 Å². The lowest BCUT2D eigenvalue weighted by Gasteiger charge is -2.20. The third-order valence-corrected chi connectivity index (χ3v) is 4.40. The predicted molar refractivity (Wildman–Crippen MR) is 113 cm³/mol. The number of halogens is 1. The van der Waals surface area contributed by atoms with Crippen LogP contribution >= 0.6 is 15.9 Å². The zero-order valence-corrected chi connectivity index (χ0v) is 18.4. The number of hydrogen-bond donors (Lipinski definition) is 1. The fourth-order valence-electron chi connectivity index (χ4n) is 2.56. The van der Waals surface area contributed by atoms with Crippen LogP contribution in [-0.2, 0) is 20.7 Å². The minimum absolute atomic E-state index is 0.223. The maximum atomic E-state index is 12.5. The Morgan fingerprint density at radius 3 is 2.24 bits per heavy atom. The van der Waals surface area contributed by atoms with Gasteiger partial charge in [0, 0.05) is 16.5 Å². The van der Waals surface area contributed by atoms with Gasteiger partial charge in [-0.2, -0.15) is 0 Å². The van der Waals surface area contributed by atoms with Gasteiger partial charge in [0.15, 0.2) is 0 Å². The van der Waals surface area contributed by atoms with Gasteiger partial charge in [-0.15, -0.1) is 0 Å². The predicted octanol–water partition coefficient (Wildman–Crippen LogP) is 3.92. The van der Waals surface area contributed by atoms with Gasteiger partial charge >= 0.3 is 11.9 Å². The number of ether oxygens (including phenoxy) is 2. The lowest BCUT2D eigenvalue weighted by Crippen LogP contribution is -2.43. The van der Waals surface area contributed by atoms with Gasteiger partial charge in [-0.05, 0) is 56.7 Å². The summed E-state index contributed by atoms with van der Waals surface area (Å²) in [6, 6.07) is 12.7. The van der Waals surface area contributed by atoms with Crippen molar-refractivity contribution in [2.24, 2.45) is 0 Å². The summed E-state index contributed by atoms with van der Waals surface area (Å²) in [5.74, 6) is -1.35. The van der Waals surface area contributed by atoms with Crippen molar-refractivity contribution >= 4 is 33.8 Å². The van der Waals surface area contributed by atoms with E-state index in [4.69, 9.17) is 9.47 Å². The van der Waals surface area contributed by atoms with E-state index >= 15 is 0 Å². The van der Waals surface area contributed by atoms with Gasteiger partial charge in [-0.1, -0.05) is 34.1 Å². The molecule has 6 nitrogen and oxygen atoms in total. The fourth-order valence-corrected chi connectivity index (χ4v) is 2.96. The molecule has 0 radical (unpaired) electrons. The van der Waals surface area contributed by atoms with Crippen LogP contribution in [0.1, 0.15) is 47.1 Å². The van der Waals surface area contributed by atoms with Crippen molar-refractivity contribution in [2.45, 2.75) is 38.8 Å². The van der Waals surface area contributed by atoms with E-state index < -0.39 is 23.6 Å². The van der Waals surface area contributed by atoms with Crippen molar-refractivity contribution in [1.82, 2.24) is 5.32 Å². The van der Waals surface area contributed by atoms with E-state index in [2.05, 4.69) is 21.2 Å². The van der Waals surface area contributed by atoms with E-state index in [1.54, 1.807) is 69.3 Å². The molecule has 0 fully saturated rings. The van der Waals surface area contributed by atoms with Crippen molar-refractivity contribution in [3.63, 3.8) is 0 Å². The summed E-state index contributed by atoms with van der Waals surface area (Å²) in [4.78, 5) is 36.8. The SMILES string of the molecule is COC(=O)[C@H](Cc1ccc(C(=O)OC(C)(C)C)cc1)NC(=O)c1cccc(Br)c1. The summed E-state index contributed by atoms with van der Waals surface area (Å²) in [6.07, 6.45) is 0.223. The van der Waals surface area contributed by atoms with Crippen LogP contribution in [0.15, 0.2) is 53.0 Å². The number of benzene rings is 2. The smallest absolute Gasteiger partial charge is 0.338 e. The van der Waals surface area contributed by atoms with Gasteiger partial charge in [0.25, 0.3) is 5.91 Å². The second kappa shape index (κ2) is 9.69. The highest BCUT2D eigenvalue weighted by atomic mass is 79.9. The van der Waals surface area contributed by atoms with E-state index in [1.807, 2.05) is 0 Å². The Balaban J connectivity index is 2.11. The molecule has 0 unspecified atom stereocenters. The number of carbonyl (C=O) groups is 3. The average Bonchev–Trinajstić information content (AvgIpc) is 2.66. The third kappa shape index (κ3) is 7.02. The first-order valence-corrected chi connectivity index (χ1v) is 9.85. The first kappa shape index (κ1) is 22.6. The van der Waals surface area contributed by atoms with Crippen LogP contribution < -0.4 is 5.32 Å². The molecule has 0 bridgehead atoms. The number of esters is 2. The van der Waals surface area contributed by atoms with E-state index in [9.17, 15) is 14.4 Å². The summed E-state index contributed by atoms with van der Waals surface area (Å²) in [5.41, 5.74) is 1.02. The molecule has 0 aliphatic heterocycles. The normalized spacial score (nSPS) is 12.0. The molecule has 2 aromatic rings. The molecular formula is C22H24BrNO5. The van der Waals surface area contributed by atoms with Gasteiger partial charge in [-0.3, -0.25) is 4.79 Å². The highest BCUT2D eigenvalue weighted by molar-refractivity contribution is 9.10. The van der Waals surface area contributed by atoms with Gasteiger partial charge in [0.2, 0.25) is 0 Å². The Hall–Kier alpha value is -2.67. The molecule has 1 N–H and O–H groups in total. The zero-order chi connectivity index (χ0) is 21.6. The van der Waals surface area contributed by atoms with Crippen LogP contribution in [0, 0.1) is 0 Å². The molecule has 154 valence electrons. The van der Waals surface area contributed by atoms with Crippen molar-refractivity contribution < 1.29 is 23.9 Å². The van der Waals surface area contributed by atoms with Crippen LogP contribution in [0.2, 0.25) is 0 Å². The minimum atomic E-state index is -0.862. The van der Waals surface area contributed by atoms with Crippen molar-refractivity contribution in [3.8, 4) is 0 Å². The molecule has 0 aliphatic rings. The second-order valence-corrected chi connectivity index (χ2v) is 8.38. The highest BCUT2D eigenvalue weighted by Gasteiger charge is 2.23. The molecule has 0 aliphatic carbocycles. The van der Waals surface area contributed by atoms with Crippen LogP contribution in [-0.4, -0.2) is 36.6 Å². The summed E-state index contributed by atoms with van der Waals surface area (Å²) in [7, 11) is 1.27. The summed E-state index contributed by atoms with van der Waals surface area (Å²) in [6.45, 7) is 5.40. The highest BCUT2D eigenvalue weighted by Crippen LogP contribution is 2.15. The quantitative estimate of drug-likeness (QED) is 0.659. The Morgan fingerprint density at radius 2 is 1.69 bits per heavy atom. The first-order chi connectivity index (χ1) is 13.6. The molecule has 0 aromatic heterocycles. The molecule has 7 heteroatoms. The number of amides is 1. The lowest BCUT2D eigenvalue weighted by atomic mass is 10.0. The van der Waals surface area contributed by atoms with Gasteiger partial charge in [0.05, 0.1) is 12.7 Å². The molecule has 0 saturated carbocycles. The molecular weight excluding hydrogens is 438 g/mol. The Kier molecular flexibility index (Phi) is 7.56. The molecule has 0 spiro atoms. The minimum Gasteiger partial charge on any atom is -0.467 e. The Bertz CT molecular complexity index is 887. The number of methoxy groups -OCH3 is 1. The molecule has 0 saturated heterocycles. The molecule has 2 aromatic carbocycles. The fraction of sp³-hybridized carbons (Fsp3) is 0.318. The standard InChI is InChI=1S/C22H24BrNO5/c1-22(2,3)29-20(26)15-10-8-14(9-11-15)12-18(21(27)28-4)24-19(25)16-6-5-7-17(23)13-16/h5-11,13,18H,12H2,1-4H3,(H,24,25)/t18-/m0/s1. The van der Waals surface area contributed by atoms with Crippen molar-refractivity contribution in [3.05, 3.63) is 69.7 Å². The number of nitrogens with one attached hydrogen (secondary N) is 1. The molecule has 2 rings (SSSR count). The van der Waals surface area contributed by atoms with Crippen molar-refractivity contribution in [1.29, 1.82) is 0 Å². The lowest BCUT2D eigenvalue weighted by molar-refractivity contribution is -0.142. The Labute approximate surface area is 178 Å². The molecule has 0 heterocycles. The monoisotopic (exact) mass is 461 g/mol. The summed E-state index contributed by atoms with van der Waals surface area (Å²) < 4.78 is 10.9. The van der Waals surface area contributed by atoms with Crippen LogP contribution in [0.25, 0.3) is 0 Å². The van der Waals surface area contributed by atoms with Gasteiger partial charge < -0.3 is 14.8 Å². The van der Waals surface area contributed by atoms with Crippen molar-refractivity contribution in [2.75, 3.05) is 7.11 Å². The maximum Gasteiger partial charge on any atom is 0.338 e. The van der Waals surface area contributed by atoms with E-state index in [-0.39, 0.29) is 12.3 Å². The van der Waals surface area contributed by atoms with Crippen LogP contribution in [0.3, 0.4) is 0 Å². The van der Waals surface area contributed by atoms with Gasteiger partial charge in [0.1, 0.15) is 11.6 Å². The molecule has 1 atom stereocenters. The third-order valence-electron chi connectivity index (χ3n) is 3.91. The van der Waals surface area contributed by atoms with Gasteiger partial charge in [-0.25, -0.2) is 9.59 Å². The summed E-state index contributed by atoms with van der Waals surface area (Å²) >= 11 is 3.32. The van der Waals surface area contributed by atoms with E-state index in [0.29, 0.717) is 11.1 Å². The second-order valence-electron chi connectivity index (χ2n) is 7.46. The van der Waals surface area contributed by atoms with E-state index in [0.717, 1.165) is 10.0 Å². The topological polar surface area (TPSA) is 81.7 Å². The number of hydrogen-bond acceptors (Lipinski definition) is 5. The molecule has 1 amide bonds. The number of carbonyl (C=O) groups excluding carboxylic acids is 3. The Morgan fingerprint density at radius 1 is 1.03 bits per heavy atom. The van der Waals surface area contributed by atoms with Crippen LogP contribution in [0.4, 0.5) is 0 Å². The first-order valence-electron chi connectivity index (χ1n) is 9.05.